The second kappa shape index (κ2) is 4.65. The second-order valence-corrected chi connectivity index (χ2v) is 4.61. The fourth-order valence-electron chi connectivity index (χ4n) is 2.17. The monoisotopic (exact) mass is 221 g/mol. The zero-order valence-corrected chi connectivity index (χ0v) is 9.93. The molecule has 1 aromatic rings. The molecule has 1 fully saturated rings. The van der Waals surface area contributed by atoms with E-state index in [9.17, 15) is 0 Å². The molecule has 1 atom stereocenters. The first kappa shape index (κ1) is 11.1. The van der Waals surface area contributed by atoms with Gasteiger partial charge in [0.15, 0.2) is 0 Å². The van der Waals surface area contributed by atoms with E-state index in [0.29, 0.717) is 5.69 Å². The van der Waals surface area contributed by atoms with Crippen molar-refractivity contribution < 1.29 is 0 Å². The second-order valence-electron chi connectivity index (χ2n) is 4.61. The van der Waals surface area contributed by atoms with Crippen LogP contribution in [0.25, 0.3) is 0 Å². The van der Waals surface area contributed by atoms with Gasteiger partial charge < -0.3 is 15.5 Å². The quantitative estimate of drug-likeness (QED) is 0.803. The topological polar surface area (TPSA) is 58.3 Å². The van der Waals surface area contributed by atoms with Crippen molar-refractivity contribution in [1.29, 1.82) is 0 Å². The van der Waals surface area contributed by atoms with Crippen molar-refractivity contribution in [3.05, 3.63) is 12.4 Å². The lowest BCUT2D eigenvalue weighted by atomic mass is 10.1. The van der Waals surface area contributed by atoms with Crippen molar-refractivity contribution in [1.82, 2.24) is 14.9 Å². The van der Waals surface area contributed by atoms with E-state index in [-0.39, 0.29) is 0 Å². The molecule has 1 aliphatic rings. The Morgan fingerprint density at radius 1 is 1.50 bits per heavy atom. The summed E-state index contributed by atoms with van der Waals surface area (Å²) in [4.78, 5) is 12.9. The molecule has 0 radical (unpaired) electrons. The molecule has 1 saturated heterocycles. The van der Waals surface area contributed by atoms with E-state index in [4.69, 9.17) is 5.73 Å². The van der Waals surface area contributed by atoms with Crippen LogP contribution >= 0.6 is 0 Å². The first-order valence-electron chi connectivity index (χ1n) is 5.62. The Hall–Kier alpha value is -1.36. The van der Waals surface area contributed by atoms with Gasteiger partial charge in [0.2, 0.25) is 5.95 Å². The third-order valence-electron chi connectivity index (χ3n) is 3.02. The standard InChI is InChI=1S/C11H19N5/c1-15-4-3-9(7-15)8-16(2)11-13-5-10(12)6-14-11/h5-6,9H,3-4,7-8,12H2,1-2H3. The molecule has 0 saturated carbocycles. The van der Waals surface area contributed by atoms with Gasteiger partial charge in [0.1, 0.15) is 0 Å². The Morgan fingerprint density at radius 3 is 2.75 bits per heavy atom. The van der Waals surface area contributed by atoms with Crippen molar-refractivity contribution in [2.24, 2.45) is 5.92 Å². The lowest BCUT2D eigenvalue weighted by Gasteiger charge is -2.20. The number of rotatable bonds is 3. The number of nitrogens with two attached hydrogens (primary N) is 1. The summed E-state index contributed by atoms with van der Waals surface area (Å²) < 4.78 is 0. The molecule has 1 aliphatic heterocycles. The number of anilines is 2. The normalized spacial score (nSPS) is 21.2. The molecule has 16 heavy (non-hydrogen) atoms. The van der Waals surface area contributed by atoms with E-state index in [1.807, 2.05) is 7.05 Å². The van der Waals surface area contributed by atoms with E-state index in [0.717, 1.165) is 18.4 Å². The first-order chi connectivity index (χ1) is 7.65. The number of likely N-dealkylation sites (tertiary alicyclic amines) is 1. The maximum Gasteiger partial charge on any atom is 0.225 e. The van der Waals surface area contributed by atoms with Gasteiger partial charge in [-0.25, -0.2) is 9.97 Å². The summed E-state index contributed by atoms with van der Waals surface area (Å²) >= 11 is 0. The molecule has 0 aromatic carbocycles. The van der Waals surface area contributed by atoms with E-state index < -0.39 is 0 Å². The van der Waals surface area contributed by atoms with Crippen molar-refractivity contribution in [2.75, 3.05) is 44.4 Å². The van der Waals surface area contributed by atoms with Crippen LogP contribution in [-0.4, -0.2) is 48.6 Å². The number of hydrogen-bond donors (Lipinski definition) is 1. The zero-order chi connectivity index (χ0) is 11.5. The Labute approximate surface area is 96.3 Å². The first-order valence-corrected chi connectivity index (χ1v) is 5.62. The molecule has 0 aliphatic carbocycles. The van der Waals surface area contributed by atoms with Gasteiger partial charge in [-0.15, -0.1) is 0 Å². The molecule has 2 N–H and O–H groups in total. The van der Waals surface area contributed by atoms with Crippen LogP contribution in [0.15, 0.2) is 12.4 Å². The van der Waals surface area contributed by atoms with Gasteiger partial charge in [0.25, 0.3) is 0 Å². The van der Waals surface area contributed by atoms with E-state index in [1.54, 1.807) is 12.4 Å². The fraction of sp³-hybridized carbons (Fsp3) is 0.636. The molecule has 0 bridgehead atoms. The van der Waals surface area contributed by atoms with Gasteiger partial charge in [0, 0.05) is 20.1 Å². The minimum absolute atomic E-state index is 0.609. The largest absolute Gasteiger partial charge is 0.396 e. The predicted octanol–water partition coefficient (Wildman–Crippen LogP) is 0.447. The van der Waals surface area contributed by atoms with Crippen molar-refractivity contribution in [3.8, 4) is 0 Å². The van der Waals surface area contributed by atoms with Crippen molar-refractivity contribution >= 4 is 11.6 Å². The highest BCUT2D eigenvalue weighted by atomic mass is 15.2. The van der Waals surface area contributed by atoms with Crippen molar-refractivity contribution in [3.63, 3.8) is 0 Å². The van der Waals surface area contributed by atoms with Gasteiger partial charge >= 0.3 is 0 Å². The van der Waals surface area contributed by atoms with Crippen LogP contribution in [0.3, 0.4) is 0 Å². The maximum atomic E-state index is 5.56. The Morgan fingerprint density at radius 2 is 2.19 bits per heavy atom. The third kappa shape index (κ3) is 2.61. The summed E-state index contributed by atoms with van der Waals surface area (Å²) in [6.07, 6.45) is 4.56. The number of nitrogen functional groups attached to an aromatic ring is 1. The van der Waals surface area contributed by atoms with Crippen LogP contribution in [-0.2, 0) is 0 Å². The molecule has 5 nitrogen and oxygen atoms in total. The highest BCUT2D eigenvalue weighted by Gasteiger charge is 2.21. The Kier molecular flexibility index (Phi) is 3.24. The summed E-state index contributed by atoms with van der Waals surface area (Å²) in [6.45, 7) is 3.37. The molecule has 0 spiro atoms. The molecular weight excluding hydrogens is 202 g/mol. The highest BCUT2D eigenvalue weighted by molar-refractivity contribution is 5.37. The number of nitrogens with zero attached hydrogens (tertiary/aromatic N) is 4. The maximum absolute atomic E-state index is 5.56. The summed E-state index contributed by atoms with van der Waals surface area (Å²) in [7, 11) is 4.20. The summed E-state index contributed by atoms with van der Waals surface area (Å²) in [5, 5.41) is 0. The molecular formula is C11H19N5. The summed E-state index contributed by atoms with van der Waals surface area (Å²) in [6, 6.07) is 0. The predicted molar refractivity (Wildman–Crippen MR) is 65.3 cm³/mol. The van der Waals surface area contributed by atoms with Gasteiger partial charge in [-0.3, -0.25) is 0 Å². The lowest BCUT2D eigenvalue weighted by molar-refractivity contribution is 0.395. The zero-order valence-electron chi connectivity index (χ0n) is 9.93. The molecule has 1 aromatic heterocycles. The molecule has 1 unspecified atom stereocenters. The SMILES string of the molecule is CN1CCC(CN(C)c2ncc(N)cn2)C1. The van der Waals surface area contributed by atoms with E-state index >= 15 is 0 Å². The lowest BCUT2D eigenvalue weighted by Crippen LogP contribution is -2.28. The van der Waals surface area contributed by atoms with E-state index in [1.165, 1.54) is 19.5 Å². The molecule has 88 valence electrons. The molecule has 2 rings (SSSR count). The van der Waals surface area contributed by atoms with Crippen LogP contribution in [0, 0.1) is 5.92 Å². The fourth-order valence-corrected chi connectivity index (χ4v) is 2.17. The Balaban J connectivity index is 1.92. The van der Waals surface area contributed by atoms with Crippen LogP contribution < -0.4 is 10.6 Å². The average molecular weight is 221 g/mol. The van der Waals surface area contributed by atoms with E-state index in [2.05, 4.69) is 26.8 Å². The Bertz CT molecular complexity index is 337. The highest BCUT2D eigenvalue weighted by Crippen LogP contribution is 2.17. The van der Waals surface area contributed by atoms with Crippen molar-refractivity contribution in [2.45, 2.75) is 6.42 Å². The number of aromatic nitrogens is 2. The molecule has 2 heterocycles. The summed E-state index contributed by atoms with van der Waals surface area (Å²) in [5.74, 6) is 1.47. The average Bonchev–Trinajstić information content (AvgIpc) is 2.65. The van der Waals surface area contributed by atoms with Gasteiger partial charge in [-0.2, -0.15) is 0 Å². The summed E-state index contributed by atoms with van der Waals surface area (Å²) in [5.41, 5.74) is 6.17. The number of hydrogen-bond acceptors (Lipinski definition) is 5. The van der Waals surface area contributed by atoms with Gasteiger partial charge in [-0.05, 0) is 25.9 Å². The van der Waals surface area contributed by atoms with Crippen LogP contribution in [0.4, 0.5) is 11.6 Å². The molecule has 0 amide bonds. The van der Waals surface area contributed by atoms with Crippen LogP contribution in [0.2, 0.25) is 0 Å². The van der Waals surface area contributed by atoms with Crippen LogP contribution in [0.1, 0.15) is 6.42 Å². The van der Waals surface area contributed by atoms with Crippen LogP contribution in [0.5, 0.6) is 0 Å². The van der Waals surface area contributed by atoms with Gasteiger partial charge in [-0.1, -0.05) is 0 Å². The third-order valence-corrected chi connectivity index (χ3v) is 3.02. The minimum Gasteiger partial charge on any atom is -0.396 e. The minimum atomic E-state index is 0.609. The molecule has 5 heteroatoms. The van der Waals surface area contributed by atoms with Gasteiger partial charge in [0.05, 0.1) is 18.1 Å². The smallest absolute Gasteiger partial charge is 0.225 e.